The number of benzene rings is 4. The van der Waals surface area contributed by atoms with Gasteiger partial charge < -0.3 is 19.7 Å². The predicted molar refractivity (Wildman–Crippen MR) is 163 cm³/mol. The van der Waals surface area contributed by atoms with E-state index in [-0.39, 0.29) is 43.3 Å². The van der Waals surface area contributed by atoms with Crippen LogP contribution < -0.4 is 10.1 Å². The van der Waals surface area contributed by atoms with Crippen molar-refractivity contribution in [2.75, 3.05) is 13.7 Å². The number of nitrogens with one attached hydrogen (secondary N) is 1. The Morgan fingerprint density at radius 1 is 0.907 bits per heavy atom. The van der Waals surface area contributed by atoms with Crippen LogP contribution in [0.5, 0.6) is 5.75 Å². The van der Waals surface area contributed by atoms with E-state index in [4.69, 9.17) is 9.47 Å². The third-order valence-electron chi connectivity index (χ3n) is 8.21. The number of carbonyl (C=O) groups is 2. The number of alkyl carbamates (subject to hydrolysis) is 1. The molecule has 4 aromatic rings. The van der Waals surface area contributed by atoms with Gasteiger partial charge in [0, 0.05) is 24.9 Å². The Kier molecular flexibility index (Phi) is 8.22. The van der Waals surface area contributed by atoms with Gasteiger partial charge in [-0.25, -0.2) is 9.18 Å². The molecule has 2 amide bonds. The second-order valence-corrected chi connectivity index (χ2v) is 10.9. The van der Waals surface area contributed by atoms with Crippen LogP contribution in [0, 0.1) is 5.82 Å². The third kappa shape index (κ3) is 6.16. The fourth-order valence-electron chi connectivity index (χ4n) is 6.02. The third-order valence-corrected chi connectivity index (χ3v) is 8.21. The first-order valence-corrected chi connectivity index (χ1v) is 14.5. The lowest BCUT2D eigenvalue weighted by Crippen LogP contribution is -2.43. The average Bonchev–Trinajstić information content (AvgIpc) is 3.35. The Hall–Kier alpha value is -4.91. The number of nitrogens with zero attached hydrogens (tertiary/aromatic N) is 1. The van der Waals surface area contributed by atoms with E-state index in [0.29, 0.717) is 6.42 Å². The van der Waals surface area contributed by atoms with Gasteiger partial charge in [-0.2, -0.15) is 0 Å². The summed E-state index contributed by atoms with van der Waals surface area (Å²) in [6.45, 7) is 0.490. The minimum Gasteiger partial charge on any atom is -0.497 e. The van der Waals surface area contributed by atoms with Crippen LogP contribution >= 0.6 is 0 Å². The molecule has 1 aliphatic heterocycles. The Balaban J connectivity index is 1.16. The Morgan fingerprint density at radius 2 is 1.56 bits per heavy atom. The molecule has 6 nitrogen and oxygen atoms in total. The highest BCUT2D eigenvalue weighted by molar-refractivity contribution is 5.80. The van der Waals surface area contributed by atoms with Gasteiger partial charge in [0.1, 0.15) is 18.2 Å². The van der Waals surface area contributed by atoms with Crippen LogP contribution in [0.3, 0.4) is 0 Å². The van der Waals surface area contributed by atoms with Crippen molar-refractivity contribution in [3.8, 4) is 16.9 Å². The van der Waals surface area contributed by atoms with Gasteiger partial charge in [-0.3, -0.25) is 4.79 Å². The summed E-state index contributed by atoms with van der Waals surface area (Å²) in [5.74, 6) is 0.218. The molecule has 0 fully saturated rings. The van der Waals surface area contributed by atoms with Crippen LogP contribution in [0.2, 0.25) is 0 Å². The molecule has 1 aliphatic carbocycles. The average molecular weight is 577 g/mol. The van der Waals surface area contributed by atoms with E-state index in [1.165, 1.54) is 12.1 Å². The van der Waals surface area contributed by atoms with Gasteiger partial charge in [-0.1, -0.05) is 84.9 Å². The van der Waals surface area contributed by atoms with Crippen LogP contribution in [0.25, 0.3) is 11.1 Å². The molecule has 6 rings (SSSR count). The lowest BCUT2D eigenvalue weighted by Gasteiger charge is -2.33. The first kappa shape index (κ1) is 28.2. The highest BCUT2D eigenvalue weighted by atomic mass is 19.1. The fraction of sp³-hybridized carbons (Fsp3) is 0.222. The van der Waals surface area contributed by atoms with E-state index < -0.39 is 12.1 Å². The van der Waals surface area contributed by atoms with Crippen molar-refractivity contribution >= 4 is 12.0 Å². The van der Waals surface area contributed by atoms with E-state index in [1.807, 2.05) is 60.7 Å². The first-order valence-electron chi connectivity index (χ1n) is 14.5. The minimum atomic E-state index is -0.551. The van der Waals surface area contributed by atoms with Gasteiger partial charge in [0.25, 0.3) is 0 Å². The molecule has 0 unspecified atom stereocenters. The predicted octanol–water partition coefficient (Wildman–Crippen LogP) is 7.16. The molecule has 0 aromatic heterocycles. The van der Waals surface area contributed by atoms with E-state index in [1.54, 1.807) is 24.1 Å². The quantitative estimate of drug-likeness (QED) is 0.237. The van der Waals surface area contributed by atoms with Gasteiger partial charge in [-0.15, -0.1) is 0 Å². The summed E-state index contributed by atoms with van der Waals surface area (Å²) < 4.78 is 24.7. The highest BCUT2D eigenvalue weighted by Crippen LogP contribution is 2.44. The summed E-state index contributed by atoms with van der Waals surface area (Å²) in [4.78, 5) is 28.6. The zero-order chi connectivity index (χ0) is 29.8. The van der Waals surface area contributed by atoms with Gasteiger partial charge in [0.05, 0.1) is 13.2 Å². The van der Waals surface area contributed by atoms with Crippen molar-refractivity contribution in [2.24, 2.45) is 0 Å². The maximum atomic E-state index is 13.8. The van der Waals surface area contributed by atoms with Gasteiger partial charge in [0.2, 0.25) is 5.91 Å². The molecule has 43 heavy (non-hydrogen) atoms. The molecule has 1 heterocycles. The lowest BCUT2D eigenvalue weighted by atomic mass is 9.98. The van der Waals surface area contributed by atoms with Crippen LogP contribution in [0.15, 0.2) is 109 Å². The summed E-state index contributed by atoms with van der Waals surface area (Å²) in [6, 6.07) is 29.4. The molecule has 218 valence electrons. The van der Waals surface area contributed by atoms with Crippen molar-refractivity contribution < 1.29 is 23.5 Å². The topological polar surface area (TPSA) is 67.9 Å². The number of rotatable bonds is 7. The normalized spacial score (nSPS) is 18.7. The number of carbonyl (C=O) groups excluding carboxylic acids is 2. The lowest BCUT2D eigenvalue weighted by molar-refractivity contribution is -0.134. The molecular formula is C36H33FN2O4. The standard InChI is InChI=1S/C36H33FN2O4/c1-42-28-19-15-25(16-20-28)34-12-6-7-27(21-35(40)39(34)22-24-13-17-26(37)18-14-24)38-36(41)43-23-33-31-10-4-2-8-29(31)30-9-3-5-11-32(30)33/h2-6,8-20,27,33-34H,7,21-23H2,1H3,(H,38,41)/b12-6-/t27-,34+/m0/s1. The van der Waals surface area contributed by atoms with E-state index in [2.05, 4.69) is 29.6 Å². The summed E-state index contributed by atoms with van der Waals surface area (Å²) in [7, 11) is 1.61. The number of fused-ring (bicyclic) bond motifs is 3. The monoisotopic (exact) mass is 576 g/mol. The van der Waals surface area contributed by atoms with E-state index in [9.17, 15) is 14.0 Å². The molecule has 2 atom stereocenters. The van der Waals surface area contributed by atoms with Crippen molar-refractivity contribution in [1.82, 2.24) is 10.2 Å². The van der Waals surface area contributed by atoms with Crippen LogP contribution in [0.1, 0.15) is 47.1 Å². The number of methoxy groups -OCH3 is 1. The molecule has 0 bridgehead atoms. The molecule has 7 heteroatoms. The van der Waals surface area contributed by atoms with E-state index in [0.717, 1.165) is 39.1 Å². The largest absolute Gasteiger partial charge is 0.497 e. The Labute approximate surface area is 250 Å². The molecule has 4 aromatic carbocycles. The Bertz CT molecular complexity index is 1590. The molecular weight excluding hydrogens is 543 g/mol. The minimum absolute atomic E-state index is 0.0477. The van der Waals surface area contributed by atoms with Crippen molar-refractivity contribution in [3.63, 3.8) is 0 Å². The molecule has 0 saturated heterocycles. The smallest absolute Gasteiger partial charge is 0.407 e. The van der Waals surface area contributed by atoms with Gasteiger partial charge >= 0.3 is 6.09 Å². The zero-order valence-corrected chi connectivity index (χ0v) is 23.9. The van der Waals surface area contributed by atoms with Crippen LogP contribution in [-0.4, -0.2) is 36.7 Å². The number of amides is 2. The molecule has 0 radical (unpaired) electrons. The highest BCUT2D eigenvalue weighted by Gasteiger charge is 2.31. The van der Waals surface area contributed by atoms with Crippen LogP contribution in [-0.2, 0) is 16.1 Å². The molecule has 0 saturated carbocycles. The zero-order valence-electron chi connectivity index (χ0n) is 23.9. The SMILES string of the molecule is COc1ccc([C@H]2/C=C\C[C@H](NC(=O)OCC3c4ccccc4-c4ccccc43)CC(=O)N2Cc2ccc(F)cc2)cc1. The van der Waals surface area contributed by atoms with Crippen molar-refractivity contribution in [3.05, 3.63) is 137 Å². The summed E-state index contributed by atoms with van der Waals surface area (Å²) >= 11 is 0. The molecule has 1 N–H and O–H groups in total. The van der Waals surface area contributed by atoms with Gasteiger partial charge in [-0.05, 0) is 64.1 Å². The number of hydrogen-bond donors (Lipinski definition) is 1. The second-order valence-electron chi connectivity index (χ2n) is 10.9. The van der Waals surface area contributed by atoms with E-state index >= 15 is 0 Å². The molecule has 2 aliphatic rings. The number of hydrogen-bond acceptors (Lipinski definition) is 4. The number of ether oxygens (including phenoxy) is 2. The summed E-state index contributed by atoms with van der Waals surface area (Å²) in [5.41, 5.74) is 6.34. The summed E-state index contributed by atoms with van der Waals surface area (Å²) in [5, 5.41) is 2.92. The first-order chi connectivity index (χ1) is 21.0. The van der Waals surface area contributed by atoms with Gasteiger partial charge in [0.15, 0.2) is 0 Å². The second kappa shape index (κ2) is 12.5. The van der Waals surface area contributed by atoms with Crippen molar-refractivity contribution in [1.29, 1.82) is 0 Å². The maximum Gasteiger partial charge on any atom is 0.407 e. The fourth-order valence-corrected chi connectivity index (χ4v) is 6.02. The molecule has 0 spiro atoms. The maximum absolute atomic E-state index is 13.8. The van der Waals surface area contributed by atoms with Crippen molar-refractivity contribution in [2.45, 2.75) is 37.4 Å². The Morgan fingerprint density at radius 3 is 2.21 bits per heavy atom. The number of halogens is 1. The summed E-state index contributed by atoms with van der Waals surface area (Å²) in [6.07, 6.45) is 4.00. The van der Waals surface area contributed by atoms with Crippen LogP contribution in [0.4, 0.5) is 9.18 Å².